The molecule has 2 aromatic rings. The molecule has 1 aliphatic rings. The summed E-state index contributed by atoms with van der Waals surface area (Å²) in [5.41, 5.74) is 1.82. The first-order valence-electron chi connectivity index (χ1n) is 8.54. The third kappa shape index (κ3) is 4.47. The lowest BCUT2D eigenvalue weighted by Gasteiger charge is -2.31. The molecule has 0 aromatic carbocycles. The van der Waals surface area contributed by atoms with E-state index in [0.717, 1.165) is 29.1 Å². The lowest BCUT2D eigenvalue weighted by molar-refractivity contribution is -0.139. The number of ether oxygens (including phenoxy) is 1. The van der Waals surface area contributed by atoms with Crippen LogP contribution in [0, 0.1) is 5.92 Å². The van der Waals surface area contributed by atoms with Crippen molar-refractivity contribution in [2.24, 2.45) is 13.0 Å². The largest absolute Gasteiger partial charge is 0.375 e. The van der Waals surface area contributed by atoms with E-state index in [-0.39, 0.29) is 24.3 Å². The molecular weight excluding hydrogens is 354 g/mol. The average Bonchev–Trinajstić information content (AvgIpc) is 3.29. The number of carbonyl (C=O) groups excluding carboxylic acids is 2. The van der Waals surface area contributed by atoms with Crippen LogP contribution in [-0.2, 0) is 27.9 Å². The Bertz CT molecular complexity index is 772. The number of carbonyl (C=O) groups is 2. The van der Waals surface area contributed by atoms with Crippen molar-refractivity contribution in [3.63, 3.8) is 0 Å². The normalized spacial score (nSPS) is 17.3. The molecule has 0 bridgehead atoms. The van der Waals surface area contributed by atoms with Gasteiger partial charge in [0.1, 0.15) is 11.6 Å². The number of hydrogen-bond acceptors (Lipinski definition) is 6. The van der Waals surface area contributed by atoms with Crippen LogP contribution in [0.2, 0.25) is 0 Å². The van der Waals surface area contributed by atoms with E-state index in [1.54, 1.807) is 15.8 Å². The number of amides is 2. The van der Waals surface area contributed by atoms with Crippen LogP contribution >= 0.6 is 11.3 Å². The molecule has 8 nitrogen and oxygen atoms in total. The van der Waals surface area contributed by atoms with E-state index in [9.17, 15) is 9.59 Å². The lowest BCUT2D eigenvalue weighted by atomic mass is 9.97. The molecule has 0 spiro atoms. The van der Waals surface area contributed by atoms with Crippen LogP contribution in [0.15, 0.2) is 17.8 Å². The Morgan fingerprint density at radius 3 is 3.04 bits per heavy atom. The Morgan fingerprint density at radius 2 is 2.31 bits per heavy atom. The van der Waals surface area contributed by atoms with E-state index in [4.69, 9.17) is 4.74 Å². The number of nitrogens with one attached hydrogen (secondary N) is 1. The highest BCUT2D eigenvalue weighted by Crippen LogP contribution is 2.21. The van der Waals surface area contributed by atoms with Crippen molar-refractivity contribution in [2.75, 3.05) is 26.8 Å². The highest BCUT2D eigenvalue weighted by Gasteiger charge is 2.28. The van der Waals surface area contributed by atoms with Gasteiger partial charge in [0.25, 0.3) is 0 Å². The number of methoxy groups -OCH3 is 1. The van der Waals surface area contributed by atoms with Crippen LogP contribution in [0.3, 0.4) is 0 Å². The lowest BCUT2D eigenvalue weighted by Crippen LogP contribution is -2.46. The van der Waals surface area contributed by atoms with Crippen LogP contribution in [0.25, 0.3) is 11.3 Å². The molecule has 1 atom stereocenters. The van der Waals surface area contributed by atoms with Crippen LogP contribution < -0.4 is 5.32 Å². The summed E-state index contributed by atoms with van der Waals surface area (Å²) in [6.07, 6.45) is 5.30. The summed E-state index contributed by atoms with van der Waals surface area (Å²) in [5, 5.41) is 9.90. The van der Waals surface area contributed by atoms with Gasteiger partial charge in [-0.25, -0.2) is 4.98 Å². The Balaban J connectivity index is 1.52. The van der Waals surface area contributed by atoms with E-state index in [1.165, 1.54) is 18.4 Å². The minimum absolute atomic E-state index is 0.0296. The van der Waals surface area contributed by atoms with Crippen LogP contribution in [0.1, 0.15) is 17.8 Å². The Labute approximate surface area is 156 Å². The molecule has 1 N–H and O–H groups in total. The molecule has 9 heteroatoms. The van der Waals surface area contributed by atoms with Gasteiger partial charge in [0.2, 0.25) is 11.8 Å². The summed E-state index contributed by atoms with van der Waals surface area (Å²) in [6.45, 7) is 1.59. The minimum atomic E-state index is -0.178. The fraction of sp³-hybridized carbons (Fsp3) is 0.529. The summed E-state index contributed by atoms with van der Waals surface area (Å²) in [7, 11) is 3.36. The minimum Gasteiger partial charge on any atom is -0.375 e. The van der Waals surface area contributed by atoms with Gasteiger partial charge in [0.05, 0.1) is 24.4 Å². The van der Waals surface area contributed by atoms with Gasteiger partial charge in [-0.3, -0.25) is 14.3 Å². The smallest absolute Gasteiger partial charge is 0.248 e. The predicted octanol–water partition coefficient (Wildman–Crippen LogP) is 1.04. The molecule has 3 heterocycles. The van der Waals surface area contributed by atoms with E-state index >= 15 is 0 Å². The second kappa shape index (κ2) is 8.41. The number of nitrogens with zero attached hydrogens (tertiary/aromatic N) is 4. The van der Waals surface area contributed by atoms with Crippen LogP contribution in [0.4, 0.5) is 0 Å². The highest BCUT2D eigenvalue weighted by molar-refractivity contribution is 7.09. The van der Waals surface area contributed by atoms with Crippen molar-refractivity contribution in [3.8, 4) is 11.3 Å². The number of aromatic nitrogens is 3. The van der Waals surface area contributed by atoms with Crippen molar-refractivity contribution >= 4 is 23.2 Å². The third-order valence-corrected chi connectivity index (χ3v) is 5.23. The summed E-state index contributed by atoms with van der Waals surface area (Å²) < 4.78 is 6.63. The summed E-state index contributed by atoms with van der Waals surface area (Å²) in [6, 6.07) is 0. The zero-order chi connectivity index (χ0) is 18.5. The number of piperidine rings is 1. The zero-order valence-corrected chi connectivity index (χ0v) is 15.8. The number of rotatable bonds is 6. The quantitative estimate of drug-likeness (QED) is 0.813. The predicted molar refractivity (Wildman–Crippen MR) is 97.3 cm³/mol. The molecule has 0 unspecified atom stereocenters. The van der Waals surface area contributed by atoms with Gasteiger partial charge in [-0.05, 0) is 12.8 Å². The SMILES string of the molecule is COCC(=O)N1CCC[C@H](C(=O)NCc2nc(-c3cnn(C)c3)cs2)C1. The van der Waals surface area contributed by atoms with Gasteiger partial charge in [0.15, 0.2) is 0 Å². The fourth-order valence-electron chi connectivity index (χ4n) is 3.02. The molecule has 0 aliphatic carbocycles. The maximum absolute atomic E-state index is 12.5. The molecule has 2 amide bonds. The first-order chi connectivity index (χ1) is 12.6. The standard InChI is InChI=1S/C17H23N5O3S/c1-21-8-13(6-19-21)14-11-26-15(20-14)7-18-17(24)12-4-3-5-22(9-12)16(23)10-25-2/h6,8,11-12H,3-5,7,9-10H2,1-2H3,(H,18,24)/t12-/m0/s1. The molecular formula is C17H23N5O3S. The molecule has 1 fully saturated rings. The van der Waals surface area contributed by atoms with Gasteiger partial charge < -0.3 is 15.0 Å². The first kappa shape index (κ1) is 18.5. The maximum atomic E-state index is 12.5. The van der Waals surface area contributed by atoms with Gasteiger partial charge in [-0.1, -0.05) is 0 Å². The second-order valence-corrected chi connectivity index (χ2v) is 7.30. The Hall–Kier alpha value is -2.26. The zero-order valence-electron chi connectivity index (χ0n) is 15.0. The van der Waals surface area contributed by atoms with E-state index < -0.39 is 0 Å². The van der Waals surface area contributed by atoms with Crippen LogP contribution in [0.5, 0.6) is 0 Å². The number of aryl methyl sites for hydroxylation is 1. The molecule has 0 saturated carbocycles. The van der Waals surface area contributed by atoms with Gasteiger partial charge in [-0.15, -0.1) is 11.3 Å². The topological polar surface area (TPSA) is 89.3 Å². The van der Waals surface area contributed by atoms with Crippen molar-refractivity contribution in [3.05, 3.63) is 22.8 Å². The monoisotopic (exact) mass is 377 g/mol. The summed E-state index contributed by atoms with van der Waals surface area (Å²) in [5.74, 6) is -0.272. The first-order valence-corrected chi connectivity index (χ1v) is 9.42. The van der Waals surface area contributed by atoms with Gasteiger partial charge in [0, 0.05) is 44.4 Å². The van der Waals surface area contributed by atoms with Gasteiger partial charge in [-0.2, -0.15) is 5.10 Å². The van der Waals surface area contributed by atoms with E-state index in [0.29, 0.717) is 19.6 Å². The highest BCUT2D eigenvalue weighted by atomic mass is 32.1. The molecule has 0 radical (unpaired) electrons. The maximum Gasteiger partial charge on any atom is 0.248 e. The third-order valence-electron chi connectivity index (χ3n) is 4.38. The summed E-state index contributed by atoms with van der Waals surface area (Å²) in [4.78, 5) is 30.7. The van der Waals surface area contributed by atoms with E-state index in [2.05, 4.69) is 15.4 Å². The van der Waals surface area contributed by atoms with Crippen LogP contribution in [-0.4, -0.2) is 58.3 Å². The number of hydrogen-bond donors (Lipinski definition) is 1. The van der Waals surface area contributed by atoms with Crippen molar-refractivity contribution in [2.45, 2.75) is 19.4 Å². The van der Waals surface area contributed by atoms with Gasteiger partial charge >= 0.3 is 0 Å². The number of thiazole rings is 1. The second-order valence-electron chi connectivity index (χ2n) is 6.36. The molecule has 3 rings (SSSR count). The number of likely N-dealkylation sites (tertiary alicyclic amines) is 1. The molecule has 140 valence electrons. The average molecular weight is 377 g/mol. The van der Waals surface area contributed by atoms with Crippen molar-refractivity contribution in [1.29, 1.82) is 0 Å². The molecule has 1 aliphatic heterocycles. The van der Waals surface area contributed by atoms with Crippen molar-refractivity contribution < 1.29 is 14.3 Å². The Morgan fingerprint density at radius 1 is 1.46 bits per heavy atom. The van der Waals surface area contributed by atoms with Crippen molar-refractivity contribution in [1.82, 2.24) is 25.0 Å². The summed E-state index contributed by atoms with van der Waals surface area (Å²) >= 11 is 1.51. The fourth-order valence-corrected chi connectivity index (χ4v) is 3.76. The molecule has 2 aromatic heterocycles. The Kier molecular flexibility index (Phi) is 6.00. The molecule has 1 saturated heterocycles. The molecule has 26 heavy (non-hydrogen) atoms. The van der Waals surface area contributed by atoms with E-state index in [1.807, 2.05) is 18.6 Å².